The van der Waals surface area contributed by atoms with Gasteiger partial charge in [0.15, 0.2) is 0 Å². The van der Waals surface area contributed by atoms with Gasteiger partial charge < -0.3 is 15.0 Å². The lowest BCUT2D eigenvalue weighted by molar-refractivity contribution is 0.102. The van der Waals surface area contributed by atoms with E-state index in [-0.39, 0.29) is 5.91 Å². The number of carbonyl (C=O) groups is 1. The predicted molar refractivity (Wildman–Crippen MR) is 106 cm³/mol. The van der Waals surface area contributed by atoms with Crippen LogP contribution < -0.4 is 15.0 Å². The molecule has 0 aliphatic heterocycles. The van der Waals surface area contributed by atoms with Crippen LogP contribution in [0.25, 0.3) is 0 Å². The Bertz CT molecular complexity index is 882. The quantitative estimate of drug-likeness (QED) is 0.693. The lowest BCUT2D eigenvalue weighted by Crippen LogP contribution is -2.25. The lowest BCUT2D eigenvalue weighted by atomic mass is 10.2. The van der Waals surface area contributed by atoms with Gasteiger partial charge in [-0.1, -0.05) is 30.3 Å². The van der Waals surface area contributed by atoms with Gasteiger partial charge >= 0.3 is 0 Å². The Hall–Kier alpha value is -3.41. The Balaban J connectivity index is 1.73. The van der Waals surface area contributed by atoms with Gasteiger partial charge in [0.2, 0.25) is 5.95 Å². The summed E-state index contributed by atoms with van der Waals surface area (Å²) in [5.74, 6) is 0.986. The second-order valence-electron chi connectivity index (χ2n) is 5.92. The highest BCUT2D eigenvalue weighted by atomic mass is 16.5. The fraction of sp³-hybridized carbons (Fsp3) is 0.190. The van der Waals surface area contributed by atoms with E-state index in [2.05, 4.69) is 27.4 Å². The van der Waals surface area contributed by atoms with E-state index in [4.69, 9.17) is 4.74 Å². The second kappa shape index (κ2) is 8.80. The summed E-state index contributed by atoms with van der Waals surface area (Å²) in [5.41, 5.74) is 2.16. The van der Waals surface area contributed by atoms with E-state index in [1.807, 2.05) is 30.0 Å². The summed E-state index contributed by atoms with van der Waals surface area (Å²) in [4.78, 5) is 23.4. The Kier molecular flexibility index (Phi) is 5.99. The van der Waals surface area contributed by atoms with Crippen molar-refractivity contribution in [3.63, 3.8) is 0 Å². The molecule has 3 rings (SSSR count). The number of carbonyl (C=O) groups excluding carboxylic acids is 1. The van der Waals surface area contributed by atoms with Crippen LogP contribution in [0.1, 0.15) is 23.0 Å². The Morgan fingerprint density at radius 3 is 2.48 bits per heavy atom. The van der Waals surface area contributed by atoms with E-state index in [9.17, 15) is 4.79 Å². The fourth-order valence-corrected chi connectivity index (χ4v) is 2.62. The SMILES string of the molecule is CCN(Cc1ccccc1)c1nccc(C(=O)Nc2ccc(OC)cc2)n1. The van der Waals surface area contributed by atoms with Crippen molar-refractivity contribution in [2.45, 2.75) is 13.5 Å². The molecule has 6 nitrogen and oxygen atoms in total. The number of hydrogen-bond donors (Lipinski definition) is 1. The first-order valence-corrected chi connectivity index (χ1v) is 8.77. The topological polar surface area (TPSA) is 67.4 Å². The normalized spacial score (nSPS) is 10.3. The summed E-state index contributed by atoms with van der Waals surface area (Å²) in [6.07, 6.45) is 1.61. The minimum absolute atomic E-state index is 0.278. The molecule has 3 aromatic rings. The Labute approximate surface area is 158 Å². The first-order valence-electron chi connectivity index (χ1n) is 8.77. The van der Waals surface area contributed by atoms with E-state index in [1.165, 1.54) is 0 Å². The van der Waals surface area contributed by atoms with Crippen molar-refractivity contribution >= 4 is 17.5 Å². The molecule has 138 valence electrons. The molecule has 6 heteroatoms. The van der Waals surface area contributed by atoms with Crippen molar-refractivity contribution in [3.8, 4) is 5.75 Å². The highest BCUT2D eigenvalue weighted by Crippen LogP contribution is 2.17. The Morgan fingerprint density at radius 1 is 1.07 bits per heavy atom. The summed E-state index contributed by atoms with van der Waals surface area (Å²) in [6.45, 7) is 3.45. The molecule has 1 aromatic heterocycles. The molecule has 1 N–H and O–H groups in total. The molecule has 0 unspecified atom stereocenters. The third-order valence-corrected chi connectivity index (χ3v) is 4.10. The summed E-state index contributed by atoms with van der Waals surface area (Å²) in [7, 11) is 1.60. The number of ether oxygens (including phenoxy) is 1. The molecule has 27 heavy (non-hydrogen) atoms. The largest absolute Gasteiger partial charge is 0.497 e. The maximum absolute atomic E-state index is 12.5. The third-order valence-electron chi connectivity index (χ3n) is 4.10. The van der Waals surface area contributed by atoms with Crippen LogP contribution >= 0.6 is 0 Å². The number of hydrogen-bond acceptors (Lipinski definition) is 5. The van der Waals surface area contributed by atoms with Gasteiger partial charge in [-0.3, -0.25) is 4.79 Å². The third kappa shape index (κ3) is 4.82. The van der Waals surface area contributed by atoms with Gasteiger partial charge in [0.1, 0.15) is 11.4 Å². The van der Waals surface area contributed by atoms with Crippen LogP contribution in [0, 0.1) is 0 Å². The van der Waals surface area contributed by atoms with Crippen LogP contribution in [0.5, 0.6) is 5.75 Å². The molecule has 0 fully saturated rings. The van der Waals surface area contributed by atoms with Gasteiger partial charge in [-0.25, -0.2) is 9.97 Å². The average molecular weight is 362 g/mol. The van der Waals surface area contributed by atoms with Crippen LogP contribution in [0.2, 0.25) is 0 Å². The zero-order chi connectivity index (χ0) is 19.1. The molecule has 0 spiro atoms. The number of nitrogens with one attached hydrogen (secondary N) is 1. The van der Waals surface area contributed by atoms with Crippen molar-refractivity contribution in [3.05, 3.63) is 78.1 Å². The van der Waals surface area contributed by atoms with Crippen molar-refractivity contribution in [1.29, 1.82) is 0 Å². The molecular formula is C21H22N4O2. The van der Waals surface area contributed by atoms with Gasteiger partial charge in [-0.15, -0.1) is 0 Å². The van der Waals surface area contributed by atoms with Crippen molar-refractivity contribution in [2.75, 3.05) is 23.9 Å². The number of anilines is 2. The highest BCUT2D eigenvalue weighted by Gasteiger charge is 2.13. The average Bonchev–Trinajstić information content (AvgIpc) is 2.73. The van der Waals surface area contributed by atoms with Gasteiger partial charge in [0, 0.05) is 25.0 Å². The standard InChI is InChI=1S/C21H22N4O2/c1-3-25(15-16-7-5-4-6-8-16)21-22-14-13-19(24-21)20(26)23-17-9-11-18(27-2)12-10-17/h4-14H,3,15H2,1-2H3,(H,23,26). The molecule has 1 amide bonds. The minimum atomic E-state index is -0.278. The second-order valence-corrected chi connectivity index (χ2v) is 5.92. The first kappa shape index (κ1) is 18.4. The van der Waals surface area contributed by atoms with E-state index in [0.717, 1.165) is 17.9 Å². The molecule has 0 atom stereocenters. The number of benzene rings is 2. The maximum Gasteiger partial charge on any atom is 0.274 e. The molecule has 1 heterocycles. The maximum atomic E-state index is 12.5. The van der Waals surface area contributed by atoms with E-state index < -0.39 is 0 Å². The lowest BCUT2D eigenvalue weighted by Gasteiger charge is -2.21. The number of methoxy groups -OCH3 is 1. The van der Waals surface area contributed by atoms with Crippen LogP contribution in [-0.2, 0) is 6.54 Å². The predicted octanol–water partition coefficient (Wildman–Crippen LogP) is 3.76. The zero-order valence-electron chi connectivity index (χ0n) is 15.4. The van der Waals surface area contributed by atoms with Gasteiger partial charge in [0.05, 0.1) is 7.11 Å². The molecule has 0 bridgehead atoms. The van der Waals surface area contributed by atoms with Crippen LogP contribution in [0.3, 0.4) is 0 Å². The monoisotopic (exact) mass is 362 g/mol. The Morgan fingerprint density at radius 2 is 1.81 bits per heavy atom. The van der Waals surface area contributed by atoms with Gasteiger partial charge in [0.25, 0.3) is 5.91 Å². The number of rotatable bonds is 7. The number of nitrogens with zero attached hydrogens (tertiary/aromatic N) is 3. The number of aromatic nitrogens is 2. The molecule has 0 aliphatic carbocycles. The fourth-order valence-electron chi connectivity index (χ4n) is 2.62. The van der Waals surface area contributed by atoms with Crippen LogP contribution in [0.15, 0.2) is 66.9 Å². The summed E-state index contributed by atoms with van der Waals surface area (Å²) in [5, 5.41) is 2.84. The molecule has 0 radical (unpaired) electrons. The van der Waals surface area contributed by atoms with E-state index >= 15 is 0 Å². The van der Waals surface area contributed by atoms with Crippen LogP contribution in [-0.4, -0.2) is 29.5 Å². The van der Waals surface area contributed by atoms with Crippen LogP contribution in [0.4, 0.5) is 11.6 Å². The van der Waals surface area contributed by atoms with Crippen molar-refractivity contribution in [2.24, 2.45) is 0 Å². The molecule has 2 aromatic carbocycles. The van der Waals surface area contributed by atoms with E-state index in [0.29, 0.717) is 23.9 Å². The molecule has 0 aliphatic rings. The summed E-state index contributed by atoms with van der Waals surface area (Å²) >= 11 is 0. The minimum Gasteiger partial charge on any atom is -0.497 e. The zero-order valence-corrected chi connectivity index (χ0v) is 15.4. The van der Waals surface area contributed by atoms with Crippen molar-refractivity contribution in [1.82, 2.24) is 9.97 Å². The summed E-state index contributed by atoms with van der Waals surface area (Å²) in [6, 6.07) is 18.9. The molecule has 0 saturated heterocycles. The van der Waals surface area contributed by atoms with Gasteiger partial charge in [-0.2, -0.15) is 0 Å². The van der Waals surface area contributed by atoms with Gasteiger partial charge in [-0.05, 0) is 42.8 Å². The smallest absolute Gasteiger partial charge is 0.274 e. The van der Waals surface area contributed by atoms with Crippen molar-refractivity contribution < 1.29 is 9.53 Å². The molecular weight excluding hydrogens is 340 g/mol. The molecule has 0 saturated carbocycles. The highest BCUT2D eigenvalue weighted by molar-refractivity contribution is 6.03. The first-order chi connectivity index (χ1) is 13.2. The summed E-state index contributed by atoms with van der Waals surface area (Å²) < 4.78 is 5.12. The van der Waals surface area contributed by atoms with E-state index in [1.54, 1.807) is 43.6 Å². The number of amides is 1.